The van der Waals surface area contributed by atoms with Crippen LogP contribution >= 0.6 is 0 Å². The molecule has 1 rings (SSSR count). The molecule has 0 spiro atoms. The Bertz CT molecular complexity index is 260. The molecule has 1 aromatic heterocycles. The number of nitrogens with zero attached hydrogens (tertiary/aromatic N) is 3. The van der Waals surface area contributed by atoms with E-state index in [1.807, 2.05) is 6.07 Å². The fraction of sp³-hybridized carbons (Fsp3) is 0. The predicted molar refractivity (Wildman–Crippen MR) is 38.5 cm³/mol. The topological polar surface area (TPSA) is 67.6 Å². The second kappa shape index (κ2) is 5.17. The van der Waals surface area contributed by atoms with Crippen LogP contribution < -0.4 is 5.73 Å². The van der Waals surface area contributed by atoms with Crippen molar-refractivity contribution in [3.05, 3.63) is 26.2 Å². The molecule has 0 aliphatic heterocycles. The molecule has 1 aromatic rings. The number of hydrogen-bond acceptors (Lipinski definition) is 3. The number of anilines is 1. The Morgan fingerprint density at radius 2 is 2.27 bits per heavy atom. The summed E-state index contributed by atoms with van der Waals surface area (Å²) < 4.78 is 1.21. The van der Waals surface area contributed by atoms with Gasteiger partial charge in [-0.05, 0) is 5.82 Å². The summed E-state index contributed by atoms with van der Waals surface area (Å²) in [7, 11) is 3.42. The largest absolute Gasteiger partial charge is 0.459 e. The zero-order chi connectivity index (χ0) is 6.85. The molecule has 0 atom stereocenters. The molecule has 0 saturated heterocycles. The number of nitrogens with two attached hydrogens (primary N) is 1. The van der Waals surface area contributed by atoms with E-state index in [1.54, 1.807) is 0 Å². The molecule has 1 radical (unpaired) electrons. The zero-order valence-electron chi connectivity index (χ0n) is 6.28. The summed E-state index contributed by atoms with van der Waals surface area (Å²) >= 11 is 0. The van der Waals surface area contributed by atoms with Crippen LogP contribution in [0.4, 0.5) is 5.82 Å². The molecule has 0 unspecified atom stereocenters. The Morgan fingerprint density at radius 3 is 2.45 bits per heavy atom. The van der Waals surface area contributed by atoms with Crippen LogP contribution in [0, 0.1) is 25.8 Å². The summed E-state index contributed by atoms with van der Waals surface area (Å²) in [5, 5.41) is 12.0. The molecule has 0 saturated carbocycles. The molecule has 0 amide bonds. The third-order valence-electron chi connectivity index (χ3n) is 1.00. The van der Waals surface area contributed by atoms with Crippen LogP contribution in [-0.2, 0) is 32.7 Å². The zero-order valence-corrected chi connectivity index (χ0v) is 9.12. The third kappa shape index (κ3) is 2.53. The van der Waals surface area contributed by atoms with Gasteiger partial charge < -0.3 is 17.8 Å². The summed E-state index contributed by atoms with van der Waals surface area (Å²) in [6, 6.07) is 1.87. The monoisotopic (exact) mass is 225 g/mol. The van der Waals surface area contributed by atoms with Crippen molar-refractivity contribution in [2.75, 3.05) is 5.73 Å². The van der Waals surface area contributed by atoms with Gasteiger partial charge in [-0.2, -0.15) is 12.3 Å². The SMILES string of the molecule is [CH2-]n1ncc(C#N)c1N.[CH3-].[Y]. The second-order valence-corrected chi connectivity index (χ2v) is 1.55. The van der Waals surface area contributed by atoms with Gasteiger partial charge in [0.15, 0.2) is 0 Å². The van der Waals surface area contributed by atoms with Gasteiger partial charge >= 0.3 is 0 Å². The Labute approximate surface area is 91.3 Å². The minimum atomic E-state index is 0. The Morgan fingerprint density at radius 1 is 1.73 bits per heavy atom. The van der Waals surface area contributed by atoms with Crippen molar-refractivity contribution >= 4 is 5.82 Å². The maximum Gasteiger partial charge on any atom is 0.0847 e. The van der Waals surface area contributed by atoms with E-state index in [4.69, 9.17) is 11.0 Å². The van der Waals surface area contributed by atoms with Crippen LogP contribution in [-0.4, -0.2) is 9.78 Å². The van der Waals surface area contributed by atoms with Crippen LogP contribution in [0.3, 0.4) is 0 Å². The number of hydrogen-bond donors (Lipinski definition) is 1. The van der Waals surface area contributed by atoms with Gasteiger partial charge in [0.1, 0.15) is 0 Å². The van der Waals surface area contributed by atoms with Crippen LogP contribution in [0.1, 0.15) is 5.56 Å². The number of aromatic nitrogens is 2. The van der Waals surface area contributed by atoms with Crippen LogP contribution in [0.15, 0.2) is 6.20 Å². The Balaban J connectivity index is 0. The number of rotatable bonds is 0. The molecule has 0 aliphatic rings. The Kier molecular flexibility index (Phi) is 6.15. The molecule has 4 nitrogen and oxygen atoms in total. The summed E-state index contributed by atoms with van der Waals surface area (Å²) in [4.78, 5) is 0. The molecule has 57 valence electrons. The standard InChI is InChI=1S/C5H5N4.CH3.Y/c1-9-5(7)4(2-6)3-8-9;;/h3H,1,7H2;1H3;/q2*-1;. The van der Waals surface area contributed by atoms with Gasteiger partial charge in [-0.25, -0.2) is 5.10 Å². The van der Waals surface area contributed by atoms with Crippen molar-refractivity contribution in [1.82, 2.24) is 9.78 Å². The normalized spacial score (nSPS) is 7.18. The predicted octanol–water partition coefficient (Wildman–Crippen LogP) is 0.424. The molecule has 0 fully saturated rings. The van der Waals surface area contributed by atoms with Crippen molar-refractivity contribution < 1.29 is 32.7 Å². The molecule has 0 aliphatic carbocycles. The van der Waals surface area contributed by atoms with Gasteiger partial charge in [0, 0.05) is 44.5 Å². The van der Waals surface area contributed by atoms with E-state index in [0.717, 1.165) is 0 Å². The van der Waals surface area contributed by atoms with E-state index in [0.29, 0.717) is 11.4 Å². The Hall–Kier alpha value is -0.526. The molecule has 11 heavy (non-hydrogen) atoms. The van der Waals surface area contributed by atoms with Gasteiger partial charge in [-0.1, -0.05) is 0 Å². The van der Waals surface area contributed by atoms with E-state index >= 15 is 0 Å². The molecular formula is C6H8N4Y-2. The number of nitrogen functional groups attached to an aromatic ring is 1. The smallest absolute Gasteiger partial charge is 0.0847 e. The molecule has 2 N–H and O–H groups in total. The van der Waals surface area contributed by atoms with Gasteiger partial charge in [0.2, 0.25) is 0 Å². The minimum Gasteiger partial charge on any atom is -0.459 e. The number of nitriles is 1. The quantitative estimate of drug-likeness (QED) is 0.650. The minimum absolute atomic E-state index is 0. The summed E-state index contributed by atoms with van der Waals surface area (Å²) in [5.74, 6) is 0.303. The maximum absolute atomic E-state index is 8.32. The van der Waals surface area contributed by atoms with Crippen LogP contribution in [0.2, 0.25) is 0 Å². The van der Waals surface area contributed by atoms with Gasteiger partial charge in [-0.15, -0.1) is 0 Å². The van der Waals surface area contributed by atoms with Gasteiger partial charge in [-0.3, -0.25) is 0 Å². The molecule has 0 bridgehead atoms. The van der Waals surface area contributed by atoms with E-state index in [1.165, 1.54) is 10.9 Å². The third-order valence-corrected chi connectivity index (χ3v) is 1.00. The molecule has 1 heterocycles. The fourth-order valence-electron chi connectivity index (χ4n) is 0.481. The molecule has 5 heteroatoms. The van der Waals surface area contributed by atoms with Crippen molar-refractivity contribution in [1.29, 1.82) is 5.26 Å². The van der Waals surface area contributed by atoms with E-state index in [9.17, 15) is 0 Å². The molecule has 0 aromatic carbocycles. The van der Waals surface area contributed by atoms with E-state index in [2.05, 4.69) is 12.1 Å². The second-order valence-electron chi connectivity index (χ2n) is 1.55. The summed E-state index contributed by atoms with van der Waals surface area (Å²) in [5.41, 5.74) is 5.69. The first-order valence-corrected chi connectivity index (χ1v) is 2.30. The summed E-state index contributed by atoms with van der Waals surface area (Å²) in [6.45, 7) is 0. The van der Waals surface area contributed by atoms with Crippen molar-refractivity contribution in [3.8, 4) is 6.07 Å². The summed E-state index contributed by atoms with van der Waals surface area (Å²) in [6.07, 6.45) is 1.38. The van der Waals surface area contributed by atoms with Crippen molar-refractivity contribution in [2.45, 2.75) is 0 Å². The first kappa shape index (κ1) is 13.1. The van der Waals surface area contributed by atoms with Gasteiger partial charge in [0.05, 0.1) is 6.07 Å². The first-order chi connectivity index (χ1) is 4.25. The average molecular weight is 225 g/mol. The van der Waals surface area contributed by atoms with Crippen LogP contribution in [0.25, 0.3) is 0 Å². The van der Waals surface area contributed by atoms with Crippen molar-refractivity contribution in [3.63, 3.8) is 0 Å². The first-order valence-electron chi connectivity index (χ1n) is 2.30. The van der Waals surface area contributed by atoms with Gasteiger partial charge in [0.25, 0.3) is 0 Å². The average Bonchev–Trinajstić information content (AvgIpc) is 2.15. The van der Waals surface area contributed by atoms with Crippen LogP contribution in [0.5, 0.6) is 0 Å². The molecular weight excluding hydrogens is 217 g/mol. The van der Waals surface area contributed by atoms with E-state index < -0.39 is 0 Å². The van der Waals surface area contributed by atoms with Crippen molar-refractivity contribution in [2.24, 2.45) is 0 Å². The fourth-order valence-corrected chi connectivity index (χ4v) is 0.481. The maximum atomic E-state index is 8.32. The van der Waals surface area contributed by atoms with E-state index in [-0.39, 0.29) is 40.1 Å².